The number of hydrogen-bond donors (Lipinski definition) is 1. The summed E-state index contributed by atoms with van der Waals surface area (Å²) in [4.78, 5) is 8.50. The lowest BCUT2D eigenvalue weighted by Crippen LogP contribution is -2.19. The second kappa shape index (κ2) is 5.87. The molecule has 0 aliphatic carbocycles. The number of aryl methyl sites for hydroxylation is 2. The van der Waals surface area contributed by atoms with Gasteiger partial charge in [-0.2, -0.15) is 10.1 Å². The van der Waals surface area contributed by atoms with Gasteiger partial charge in [0.15, 0.2) is 0 Å². The zero-order chi connectivity index (χ0) is 14.7. The summed E-state index contributed by atoms with van der Waals surface area (Å²) in [7, 11) is 3.06. The standard InChI is InChI=1S/C13H19N5O2/c1-5-18-9(6-8(2)17-18)11(14)12-13(20-4)16-10(19-3)7-15-12/h6-7,11H,5,14H2,1-4H3. The number of rotatable bonds is 5. The lowest BCUT2D eigenvalue weighted by molar-refractivity contribution is 0.354. The molecule has 0 aromatic carbocycles. The van der Waals surface area contributed by atoms with Gasteiger partial charge in [-0.15, -0.1) is 0 Å². The molecule has 0 saturated heterocycles. The van der Waals surface area contributed by atoms with Gasteiger partial charge >= 0.3 is 0 Å². The highest BCUT2D eigenvalue weighted by molar-refractivity contribution is 5.31. The second-order valence-electron chi connectivity index (χ2n) is 4.31. The van der Waals surface area contributed by atoms with Gasteiger partial charge in [0, 0.05) is 6.54 Å². The van der Waals surface area contributed by atoms with Crippen molar-refractivity contribution in [3.8, 4) is 11.8 Å². The van der Waals surface area contributed by atoms with E-state index in [2.05, 4.69) is 15.1 Å². The molecular formula is C13H19N5O2. The Morgan fingerprint density at radius 2 is 2.10 bits per heavy atom. The number of methoxy groups -OCH3 is 2. The Hall–Kier alpha value is -2.15. The number of ether oxygens (including phenoxy) is 2. The van der Waals surface area contributed by atoms with Crippen molar-refractivity contribution in [3.05, 3.63) is 29.3 Å². The van der Waals surface area contributed by atoms with Crippen molar-refractivity contribution in [2.45, 2.75) is 26.4 Å². The van der Waals surface area contributed by atoms with Gasteiger partial charge in [-0.1, -0.05) is 0 Å². The van der Waals surface area contributed by atoms with Crippen LogP contribution in [0.1, 0.15) is 30.0 Å². The van der Waals surface area contributed by atoms with E-state index in [1.165, 1.54) is 20.4 Å². The summed E-state index contributed by atoms with van der Waals surface area (Å²) in [6.07, 6.45) is 1.53. The zero-order valence-corrected chi connectivity index (χ0v) is 12.1. The third kappa shape index (κ3) is 2.57. The quantitative estimate of drug-likeness (QED) is 0.879. The van der Waals surface area contributed by atoms with Gasteiger partial charge < -0.3 is 15.2 Å². The van der Waals surface area contributed by atoms with Crippen LogP contribution < -0.4 is 15.2 Å². The lowest BCUT2D eigenvalue weighted by Gasteiger charge is -2.15. The van der Waals surface area contributed by atoms with E-state index in [9.17, 15) is 0 Å². The normalized spacial score (nSPS) is 12.2. The van der Waals surface area contributed by atoms with E-state index < -0.39 is 6.04 Å². The summed E-state index contributed by atoms with van der Waals surface area (Å²) >= 11 is 0. The van der Waals surface area contributed by atoms with Crippen LogP contribution in [-0.4, -0.2) is 34.0 Å². The molecule has 20 heavy (non-hydrogen) atoms. The minimum Gasteiger partial charge on any atom is -0.480 e. The molecule has 2 aromatic rings. The van der Waals surface area contributed by atoms with Gasteiger partial charge in [0.25, 0.3) is 0 Å². The molecule has 7 nitrogen and oxygen atoms in total. The molecule has 0 radical (unpaired) electrons. The van der Waals surface area contributed by atoms with Gasteiger partial charge in [-0.25, -0.2) is 4.98 Å². The van der Waals surface area contributed by atoms with Crippen molar-refractivity contribution in [3.63, 3.8) is 0 Å². The molecular weight excluding hydrogens is 258 g/mol. The highest BCUT2D eigenvalue weighted by Gasteiger charge is 2.21. The molecule has 0 saturated carbocycles. The maximum atomic E-state index is 6.29. The first-order chi connectivity index (χ1) is 9.60. The van der Waals surface area contributed by atoms with Crippen LogP contribution in [0.2, 0.25) is 0 Å². The van der Waals surface area contributed by atoms with Gasteiger partial charge in [-0.3, -0.25) is 4.68 Å². The molecule has 1 unspecified atom stereocenters. The van der Waals surface area contributed by atoms with Crippen molar-refractivity contribution < 1.29 is 9.47 Å². The van der Waals surface area contributed by atoms with E-state index in [0.29, 0.717) is 17.5 Å². The fourth-order valence-corrected chi connectivity index (χ4v) is 2.04. The molecule has 2 rings (SSSR count). The van der Waals surface area contributed by atoms with E-state index in [0.717, 1.165) is 17.9 Å². The first-order valence-electron chi connectivity index (χ1n) is 6.35. The Bertz CT molecular complexity index is 596. The second-order valence-corrected chi connectivity index (χ2v) is 4.31. The van der Waals surface area contributed by atoms with Crippen molar-refractivity contribution in [2.75, 3.05) is 14.2 Å². The molecule has 2 aromatic heterocycles. The molecule has 2 heterocycles. The third-order valence-electron chi connectivity index (χ3n) is 2.99. The predicted molar refractivity (Wildman–Crippen MR) is 73.8 cm³/mol. The monoisotopic (exact) mass is 277 g/mol. The average molecular weight is 277 g/mol. The van der Waals surface area contributed by atoms with E-state index in [4.69, 9.17) is 15.2 Å². The SMILES string of the molecule is CCn1nc(C)cc1C(N)c1ncc(OC)nc1OC. The molecule has 1 atom stereocenters. The van der Waals surface area contributed by atoms with Crippen LogP contribution in [0.4, 0.5) is 0 Å². The van der Waals surface area contributed by atoms with Crippen LogP contribution in [0, 0.1) is 6.92 Å². The first-order valence-corrected chi connectivity index (χ1v) is 6.35. The molecule has 2 N–H and O–H groups in total. The summed E-state index contributed by atoms with van der Waals surface area (Å²) in [5, 5.41) is 4.39. The summed E-state index contributed by atoms with van der Waals surface area (Å²) in [6.45, 7) is 4.68. The summed E-state index contributed by atoms with van der Waals surface area (Å²) < 4.78 is 12.1. The van der Waals surface area contributed by atoms with Crippen molar-refractivity contribution in [1.82, 2.24) is 19.7 Å². The Morgan fingerprint density at radius 1 is 1.35 bits per heavy atom. The average Bonchev–Trinajstić information content (AvgIpc) is 2.86. The number of hydrogen-bond acceptors (Lipinski definition) is 6. The number of nitrogens with zero attached hydrogens (tertiary/aromatic N) is 4. The maximum absolute atomic E-state index is 6.29. The van der Waals surface area contributed by atoms with Crippen LogP contribution in [0.5, 0.6) is 11.8 Å². The predicted octanol–water partition coefficient (Wildman–Crippen LogP) is 1.07. The fraction of sp³-hybridized carbons (Fsp3) is 0.462. The van der Waals surface area contributed by atoms with Gasteiger partial charge in [-0.05, 0) is 19.9 Å². The number of nitrogens with two attached hydrogens (primary N) is 1. The lowest BCUT2D eigenvalue weighted by atomic mass is 10.1. The number of aromatic nitrogens is 4. The molecule has 0 amide bonds. The van der Waals surface area contributed by atoms with Gasteiger partial charge in [0.05, 0.1) is 37.8 Å². The first kappa shape index (κ1) is 14.3. The Morgan fingerprint density at radius 3 is 2.70 bits per heavy atom. The topological polar surface area (TPSA) is 88.1 Å². The molecule has 0 aliphatic rings. The van der Waals surface area contributed by atoms with E-state index in [-0.39, 0.29) is 0 Å². The molecule has 0 bridgehead atoms. The molecule has 7 heteroatoms. The van der Waals surface area contributed by atoms with Crippen LogP contribution in [0.3, 0.4) is 0 Å². The minimum atomic E-state index is -0.454. The van der Waals surface area contributed by atoms with E-state index in [1.54, 1.807) is 0 Å². The highest BCUT2D eigenvalue weighted by atomic mass is 16.5. The Kier molecular flexibility index (Phi) is 4.19. The van der Waals surface area contributed by atoms with Crippen molar-refractivity contribution in [1.29, 1.82) is 0 Å². The zero-order valence-electron chi connectivity index (χ0n) is 12.1. The highest BCUT2D eigenvalue weighted by Crippen LogP contribution is 2.26. The van der Waals surface area contributed by atoms with Crippen LogP contribution >= 0.6 is 0 Å². The van der Waals surface area contributed by atoms with Crippen LogP contribution in [0.25, 0.3) is 0 Å². The van der Waals surface area contributed by atoms with E-state index >= 15 is 0 Å². The van der Waals surface area contributed by atoms with Crippen molar-refractivity contribution >= 4 is 0 Å². The minimum absolute atomic E-state index is 0.360. The Balaban J connectivity index is 2.44. The largest absolute Gasteiger partial charge is 0.480 e. The smallest absolute Gasteiger partial charge is 0.240 e. The molecule has 0 aliphatic heterocycles. The third-order valence-corrected chi connectivity index (χ3v) is 2.99. The maximum Gasteiger partial charge on any atom is 0.240 e. The molecule has 0 spiro atoms. The molecule has 108 valence electrons. The van der Waals surface area contributed by atoms with Crippen LogP contribution in [0.15, 0.2) is 12.3 Å². The summed E-state index contributed by atoms with van der Waals surface area (Å²) in [6, 6.07) is 1.49. The van der Waals surface area contributed by atoms with E-state index in [1.807, 2.05) is 24.6 Å². The van der Waals surface area contributed by atoms with Crippen LogP contribution in [-0.2, 0) is 6.54 Å². The fourth-order valence-electron chi connectivity index (χ4n) is 2.04. The molecule has 0 fully saturated rings. The van der Waals surface area contributed by atoms with Crippen molar-refractivity contribution in [2.24, 2.45) is 5.73 Å². The Labute approximate surface area is 117 Å². The summed E-state index contributed by atoms with van der Waals surface area (Å²) in [5.74, 6) is 0.747. The van der Waals surface area contributed by atoms with Gasteiger partial charge in [0.1, 0.15) is 5.69 Å². The van der Waals surface area contributed by atoms with Gasteiger partial charge in [0.2, 0.25) is 11.8 Å². The summed E-state index contributed by atoms with van der Waals surface area (Å²) in [5.41, 5.74) is 8.64.